The Bertz CT molecular complexity index is 684. The van der Waals surface area contributed by atoms with Crippen LogP contribution in [0.1, 0.15) is 75.5 Å². The van der Waals surface area contributed by atoms with Gasteiger partial charge in [0.05, 0.1) is 18.5 Å². The van der Waals surface area contributed by atoms with Crippen LogP contribution >= 0.6 is 0 Å². The predicted molar refractivity (Wildman–Crippen MR) is 102 cm³/mol. The third-order valence-corrected chi connectivity index (χ3v) is 9.14. The number of hydrogen-bond acceptors (Lipinski definition) is 4. The van der Waals surface area contributed by atoms with Crippen LogP contribution in [0.15, 0.2) is 16.7 Å². The maximum atomic E-state index is 11.1. The fourth-order valence-corrected chi connectivity index (χ4v) is 8.07. The molecule has 0 amide bonds. The monoisotopic (exact) mass is 374 g/mol. The Morgan fingerprint density at radius 3 is 2.63 bits per heavy atom. The number of rotatable bonds is 2. The number of fused-ring (bicyclic) bond motifs is 5. The molecule has 4 fully saturated rings. The summed E-state index contributed by atoms with van der Waals surface area (Å²) in [7, 11) is 0. The van der Waals surface area contributed by atoms with Gasteiger partial charge in [-0.2, -0.15) is 0 Å². The van der Waals surface area contributed by atoms with E-state index >= 15 is 0 Å². The third-order valence-electron chi connectivity index (χ3n) is 9.14. The largest absolute Gasteiger partial charge is 0.467 e. The molecule has 1 aromatic heterocycles. The smallest absolute Gasteiger partial charge is 0.129 e. The standard InChI is InChI=1S/C23H34O4/c1-23-7-6-18-17-5-3-15(25)8-13(17)2-4-19(18)22(23)21(26)10-20(23)14-9-16(11-24)27-12-14/h9,12-13,15,17-22,24-26H,2-8,10-11H2,1H3/t13-,15-,17+,18?,19?,20-,21?,22?,23-/m1/s1. The first-order valence-corrected chi connectivity index (χ1v) is 11.1. The summed E-state index contributed by atoms with van der Waals surface area (Å²) in [6.45, 7) is 2.34. The van der Waals surface area contributed by atoms with Gasteiger partial charge in [0.15, 0.2) is 0 Å². The van der Waals surface area contributed by atoms with Crippen molar-refractivity contribution in [2.75, 3.05) is 0 Å². The Labute approximate surface area is 162 Å². The summed E-state index contributed by atoms with van der Waals surface area (Å²) in [5.74, 6) is 4.16. The Kier molecular flexibility index (Phi) is 4.45. The summed E-state index contributed by atoms with van der Waals surface area (Å²) in [4.78, 5) is 0. The van der Waals surface area contributed by atoms with Gasteiger partial charge in [-0.1, -0.05) is 6.92 Å². The van der Waals surface area contributed by atoms with Crippen LogP contribution in [0.25, 0.3) is 0 Å². The van der Waals surface area contributed by atoms with Gasteiger partial charge in [0.2, 0.25) is 0 Å². The molecular formula is C23H34O4. The van der Waals surface area contributed by atoms with Gasteiger partial charge < -0.3 is 19.7 Å². The van der Waals surface area contributed by atoms with Crippen LogP contribution < -0.4 is 0 Å². The molecule has 27 heavy (non-hydrogen) atoms. The lowest BCUT2D eigenvalue weighted by Gasteiger charge is -2.56. The van der Waals surface area contributed by atoms with Crippen molar-refractivity contribution < 1.29 is 19.7 Å². The third kappa shape index (κ3) is 2.74. The second-order valence-electron chi connectivity index (χ2n) is 10.2. The molecule has 4 heteroatoms. The second-order valence-corrected chi connectivity index (χ2v) is 10.2. The van der Waals surface area contributed by atoms with Crippen LogP contribution in [0.5, 0.6) is 0 Å². The van der Waals surface area contributed by atoms with E-state index < -0.39 is 0 Å². The van der Waals surface area contributed by atoms with Gasteiger partial charge in [-0.25, -0.2) is 0 Å². The molecule has 0 aliphatic heterocycles. The lowest BCUT2D eigenvalue weighted by molar-refractivity contribution is -0.0943. The zero-order valence-electron chi connectivity index (χ0n) is 16.4. The van der Waals surface area contributed by atoms with E-state index in [-0.39, 0.29) is 24.2 Å². The Balaban J connectivity index is 1.42. The first-order valence-electron chi connectivity index (χ1n) is 11.1. The van der Waals surface area contributed by atoms with Crippen molar-refractivity contribution in [1.82, 2.24) is 0 Å². The van der Waals surface area contributed by atoms with E-state index in [1.807, 2.05) is 12.3 Å². The summed E-state index contributed by atoms with van der Waals surface area (Å²) in [5, 5.41) is 30.6. The zero-order valence-corrected chi connectivity index (χ0v) is 16.4. The molecule has 4 aliphatic carbocycles. The summed E-state index contributed by atoms with van der Waals surface area (Å²) >= 11 is 0. The van der Waals surface area contributed by atoms with Crippen molar-refractivity contribution in [3.63, 3.8) is 0 Å². The topological polar surface area (TPSA) is 73.8 Å². The van der Waals surface area contributed by atoms with Crippen molar-refractivity contribution in [3.8, 4) is 0 Å². The van der Waals surface area contributed by atoms with Crippen molar-refractivity contribution in [3.05, 3.63) is 23.7 Å². The maximum absolute atomic E-state index is 11.1. The highest BCUT2D eigenvalue weighted by Gasteiger charge is 2.60. The molecule has 4 saturated carbocycles. The first kappa shape index (κ1) is 18.2. The minimum Gasteiger partial charge on any atom is -0.467 e. The van der Waals surface area contributed by atoms with E-state index in [4.69, 9.17) is 4.42 Å². The minimum absolute atomic E-state index is 0.0605. The Morgan fingerprint density at radius 2 is 1.85 bits per heavy atom. The van der Waals surface area contributed by atoms with Gasteiger partial charge in [0, 0.05) is 0 Å². The van der Waals surface area contributed by atoms with Crippen LogP contribution in [-0.4, -0.2) is 27.5 Å². The molecule has 0 aromatic carbocycles. The lowest BCUT2D eigenvalue weighted by atomic mass is 9.49. The fourth-order valence-electron chi connectivity index (χ4n) is 8.07. The van der Waals surface area contributed by atoms with Crippen molar-refractivity contribution in [2.45, 2.75) is 83.0 Å². The quantitative estimate of drug-likeness (QED) is 0.735. The van der Waals surface area contributed by atoms with Gasteiger partial charge in [-0.05, 0) is 104 Å². The van der Waals surface area contributed by atoms with Gasteiger partial charge in [0.1, 0.15) is 12.4 Å². The predicted octanol–water partition coefficient (Wildman–Crippen LogP) is 3.84. The average molecular weight is 375 g/mol. The van der Waals surface area contributed by atoms with Gasteiger partial charge in [0.25, 0.3) is 0 Å². The number of hydrogen-bond donors (Lipinski definition) is 3. The second kappa shape index (κ2) is 6.60. The first-order chi connectivity index (χ1) is 13.0. The molecule has 4 aliphatic rings. The van der Waals surface area contributed by atoms with E-state index in [2.05, 4.69) is 6.92 Å². The summed E-state index contributed by atoms with van der Waals surface area (Å²) in [6, 6.07) is 2.00. The highest BCUT2D eigenvalue weighted by molar-refractivity contribution is 5.25. The van der Waals surface area contributed by atoms with Crippen LogP contribution in [0.4, 0.5) is 0 Å². The van der Waals surface area contributed by atoms with Crippen molar-refractivity contribution >= 4 is 0 Å². The molecule has 0 radical (unpaired) electrons. The lowest BCUT2D eigenvalue weighted by Crippen LogP contribution is -2.50. The normalized spacial score (nSPS) is 49.3. The molecular weight excluding hydrogens is 340 g/mol. The zero-order chi connectivity index (χ0) is 18.8. The van der Waals surface area contributed by atoms with Crippen molar-refractivity contribution in [1.29, 1.82) is 0 Å². The number of aliphatic hydroxyl groups is 3. The van der Waals surface area contributed by atoms with Crippen molar-refractivity contribution in [2.24, 2.45) is 35.0 Å². The summed E-state index contributed by atoms with van der Waals surface area (Å²) < 4.78 is 5.52. The Morgan fingerprint density at radius 1 is 1.04 bits per heavy atom. The van der Waals surface area contributed by atoms with Gasteiger partial charge in [-0.3, -0.25) is 0 Å². The molecule has 1 heterocycles. The molecule has 1 aromatic rings. The fraction of sp³-hybridized carbons (Fsp3) is 0.826. The molecule has 3 N–H and O–H groups in total. The van der Waals surface area contributed by atoms with Crippen LogP contribution in [-0.2, 0) is 6.61 Å². The molecule has 4 nitrogen and oxygen atoms in total. The molecule has 9 atom stereocenters. The molecule has 4 unspecified atom stereocenters. The van der Waals surface area contributed by atoms with E-state index in [0.29, 0.717) is 29.4 Å². The van der Waals surface area contributed by atoms with Crippen LogP contribution in [0.3, 0.4) is 0 Å². The maximum Gasteiger partial charge on any atom is 0.129 e. The SMILES string of the molecule is C[C@]12CCC3C(CC[C@@H]4C[C@H](O)CC[C@H]34)C1C(O)C[C@@H]2c1coc(CO)c1. The van der Waals surface area contributed by atoms with E-state index in [0.717, 1.165) is 36.7 Å². The summed E-state index contributed by atoms with van der Waals surface area (Å²) in [6.07, 6.45) is 10.3. The summed E-state index contributed by atoms with van der Waals surface area (Å²) in [5.41, 5.74) is 1.29. The van der Waals surface area contributed by atoms with E-state index in [1.54, 1.807) is 0 Å². The van der Waals surface area contributed by atoms with Crippen LogP contribution in [0, 0.1) is 35.0 Å². The molecule has 0 spiro atoms. The molecule has 150 valence electrons. The van der Waals surface area contributed by atoms with Gasteiger partial charge >= 0.3 is 0 Å². The highest BCUT2D eigenvalue weighted by atomic mass is 16.4. The van der Waals surface area contributed by atoms with E-state index in [9.17, 15) is 15.3 Å². The average Bonchev–Trinajstić information content (AvgIpc) is 3.23. The minimum atomic E-state index is -0.231. The number of furan rings is 1. The van der Waals surface area contributed by atoms with Crippen LogP contribution in [0.2, 0.25) is 0 Å². The number of aliphatic hydroxyl groups excluding tert-OH is 3. The van der Waals surface area contributed by atoms with Gasteiger partial charge in [-0.15, -0.1) is 0 Å². The highest BCUT2D eigenvalue weighted by Crippen LogP contribution is 2.66. The molecule has 0 bridgehead atoms. The Hall–Kier alpha value is -0.840. The molecule has 0 saturated heterocycles. The molecule has 5 rings (SSSR count). The van der Waals surface area contributed by atoms with E-state index in [1.165, 1.54) is 32.1 Å².